The molecule has 0 aromatic heterocycles. The van der Waals surface area contributed by atoms with Gasteiger partial charge in [-0.05, 0) is 48.1 Å². The monoisotopic (exact) mass is 343 g/mol. The van der Waals surface area contributed by atoms with E-state index in [-0.39, 0.29) is 18.2 Å². The summed E-state index contributed by atoms with van der Waals surface area (Å²) in [5.41, 5.74) is 4.34. The molecule has 2 unspecified atom stereocenters. The number of nitrogens with zero attached hydrogens (tertiary/aromatic N) is 1. The van der Waals surface area contributed by atoms with Gasteiger partial charge in [0.25, 0.3) is 0 Å². The van der Waals surface area contributed by atoms with Gasteiger partial charge in [0.15, 0.2) is 0 Å². The van der Waals surface area contributed by atoms with Crippen molar-refractivity contribution in [3.63, 3.8) is 0 Å². The molecule has 2 aromatic carbocycles. The first-order valence-corrected chi connectivity index (χ1v) is 9.01. The molecule has 3 heteroatoms. The molecule has 2 aliphatic rings. The number of fused-ring (bicyclic) bond motifs is 2. The van der Waals surface area contributed by atoms with Crippen molar-refractivity contribution in [1.29, 1.82) is 0 Å². The minimum absolute atomic E-state index is 0.113. The second kappa shape index (κ2) is 7.09. The largest absolute Gasteiger partial charge is 0.445 e. The van der Waals surface area contributed by atoms with Crippen LogP contribution in [0.3, 0.4) is 0 Å². The Morgan fingerprint density at radius 1 is 1.15 bits per heavy atom. The van der Waals surface area contributed by atoms with E-state index in [0.29, 0.717) is 6.61 Å². The van der Waals surface area contributed by atoms with E-state index >= 15 is 0 Å². The maximum absolute atomic E-state index is 12.6. The van der Waals surface area contributed by atoms with E-state index in [4.69, 9.17) is 11.2 Å². The molecule has 0 radical (unpaired) electrons. The van der Waals surface area contributed by atoms with Gasteiger partial charge in [0, 0.05) is 11.6 Å². The van der Waals surface area contributed by atoms with Crippen LogP contribution in [-0.2, 0) is 11.3 Å². The third kappa shape index (κ3) is 3.23. The fraction of sp³-hybridized carbons (Fsp3) is 0.261. The second-order valence-corrected chi connectivity index (χ2v) is 6.87. The number of carbonyl (C=O) groups is 1. The van der Waals surface area contributed by atoms with Crippen LogP contribution in [0.25, 0.3) is 5.57 Å². The average Bonchev–Trinajstić information content (AvgIpc) is 2.96. The lowest BCUT2D eigenvalue weighted by atomic mass is 9.94. The van der Waals surface area contributed by atoms with Crippen LogP contribution in [-0.4, -0.2) is 23.1 Å². The Bertz CT molecular complexity index is 879. The maximum Gasteiger partial charge on any atom is 0.410 e. The molecule has 2 aliphatic heterocycles. The maximum atomic E-state index is 12.6. The fourth-order valence-corrected chi connectivity index (χ4v) is 3.93. The Balaban J connectivity index is 1.48. The Labute approximate surface area is 154 Å². The molecule has 1 saturated heterocycles. The number of hydrogen-bond donors (Lipinski definition) is 0. The van der Waals surface area contributed by atoms with Crippen molar-refractivity contribution in [2.24, 2.45) is 0 Å². The zero-order valence-electron chi connectivity index (χ0n) is 14.6. The highest BCUT2D eigenvalue weighted by molar-refractivity contribution is 5.75. The van der Waals surface area contributed by atoms with Gasteiger partial charge in [0.1, 0.15) is 6.61 Å². The molecule has 2 heterocycles. The third-order valence-corrected chi connectivity index (χ3v) is 5.21. The molecule has 3 nitrogen and oxygen atoms in total. The number of rotatable bonds is 3. The smallest absolute Gasteiger partial charge is 0.410 e. The summed E-state index contributed by atoms with van der Waals surface area (Å²) in [6.07, 6.45) is 10.4. The van der Waals surface area contributed by atoms with Crippen molar-refractivity contribution in [1.82, 2.24) is 4.90 Å². The number of carbonyl (C=O) groups excluding carboxylic acids is 1. The van der Waals surface area contributed by atoms with Crippen molar-refractivity contribution in [3.05, 3.63) is 77.4 Å². The van der Waals surface area contributed by atoms with E-state index in [9.17, 15) is 4.79 Å². The highest BCUT2D eigenvalue weighted by atomic mass is 16.6. The first kappa shape index (κ1) is 16.5. The first-order chi connectivity index (χ1) is 12.7. The van der Waals surface area contributed by atoms with E-state index in [1.807, 2.05) is 47.4 Å². The average molecular weight is 343 g/mol. The Morgan fingerprint density at radius 2 is 2.00 bits per heavy atom. The number of hydrogen-bond acceptors (Lipinski definition) is 2. The van der Waals surface area contributed by atoms with E-state index in [2.05, 4.69) is 24.1 Å². The molecule has 0 spiro atoms. The van der Waals surface area contributed by atoms with Gasteiger partial charge in [-0.3, -0.25) is 4.90 Å². The van der Waals surface area contributed by atoms with Gasteiger partial charge in [-0.25, -0.2) is 4.79 Å². The van der Waals surface area contributed by atoms with Gasteiger partial charge in [0.2, 0.25) is 0 Å². The van der Waals surface area contributed by atoms with Gasteiger partial charge in [0.05, 0.1) is 6.04 Å². The van der Waals surface area contributed by atoms with Crippen LogP contribution in [0.5, 0.6) is 0 Å². The number of terminal acetylenes is 1. The normalized spacial score (nSPS) is 21.0. The second-order valence-electron chi connectivity index (χ2n) is 6.87. The molecule has 26 heavy (non-hydrogen) atoms. The zero-order valence-corrected chi connectivity index (χ0v) is 14.6. The van der Waals surface area contributed by atoms with Crippen LogP contribution in [0.15, 0.2) is 60.7 Å². The van der Waals surface area contributed by atoms with E-state index < -0.39 is 0 Å². The molecular weight excluding hydrogens is 322 g/mol. The Hall–Kier alpha value is -2.99. The fourth-order valence-electron chi connectivity index (χ4n) is 3.93. The predicted octanol–water partition coefficient (Wildman–Crippen LogP) is 4.62. The minimum Gasteiger partial charge on any atom is -0.445 e. The van der Waals surface area contributed by atoms with Crippen molar-refractivity contribution < 1.29 is 9.53 Å². The van der Waals surface area contributed by atoms with Crippen LogP contribution in [0.1, 0.15) is 36.0 Å². The molecule has 1 amide bonds. The van der Waals surface area contributed by atoms with Gasteiger partial charge in [-0.15, -0.1) is 6.42 Å². The summed E-state index contributed by atoms with van der Waals surface area (Å²) in [7, 11) is 0. The van der Waals surface area contributed by atoms with Crippen molar-refractivity contribution >= 4 is 11.7 Å². The van der Waals surface area contributed by atoms with Gasteiger partial charge in [-0.2, -0.15) is 0 Å². The lowest BCUT2D eigenvalue weighted by Gasteiger charge is -2.33. The lowest BCUT2D eigenvalue weighted by Crippen LogP contribution is -2.43. The minimum atomic E-state index is -0.214. The summed E-state index contributed by atoms with van der Waals surface area (Å²) in [5.74, 6) is 2.69. The number of ether oxygens (including phenoxy) is 1. The van der Waals surface area contributed by atoms with E-state index in [1.54, 1.807) is 0 Å². The van der Waals surface area contributed by atoms with Crippen LogP contribution in [0, 0.1) is 12.3 Å². The molecule has 2 aromatic rings. The van der Waals surface area contributed by atoms with Crippen molar-refractivity contribution in [2.75, 3.05) is 0 Å². The standard InChI is InChI=1S/C23H21NO2/c1-2-17-9-6-10-19(13-17)20-14-21-11-12-22(15-20)24(21)23(25)26-16-18-7-4-3-5-8-18/h1,3-10,13-14,21-22H,11-12,15-16H2. The predicted molar refractivity (Wildman–Crippen MR) is 102 cm³/mol. The molecule has 0 saturated carbocycles. The van der Waals surface area contributed by atoms with Crippen LogP contribution < -0.4 is 0 Å². The molecule has 4 rings (SSSR count). The highest BCUT2D eigenvalue weighted by Gasteiger charge is 2.40. The summed E-state index contributed by atoms with van der Waals surface area (Å²) < 4.78 is 5.56. The lowest BCUT2D eigenvalue weighted by molar-refractivity contribution is 0.0832. The molecule has 0 aliphatic carbocycles. The third-order valence-electron chi connectivity index (χ3n) is 5.21. The summed E-state index contributed by atoms with van der Waals surface area (Å²) in [5, 5.41) is 0. The molecule has 0 N–H and O–H groups in total. The summed E-state index contributed by atoms with van der Waals surface area (Å²) in [6.45, 7) is 0.316. The summed E-state index contributed by atoms with van der Waals surface area (Å²) >= 11 is 0. The van der Waals surface area contributed by atoms with Crippen molar-refractivity contribution in [3.8, 4) is 12.3 Å². The van der Waals surface area contributed by atoms with Gasteiger partial charge >= 0.3 is 6.09 Å². The van der Waals surface area contributed by atoms with E-state index in [0.717, 1.165) is 36.0 Å². The number of benzene rings is 2. The SMILES string of the molecule is C#Cc1cccc(C2=CC3CCC(C2)N3C(=O)OCc2ccccc2)c1. The van der Waals surface area contributed by atoms with Crippen LogP contribution in [0.4, 0.5) is 4.79 Å². The van der Waals surface area contributed by atoms with Gasteiger partial charge < -0.3 is 4.74 Å². The Morgan fingerprint density at radius 3 is 2.77 bits per heavy atom. The highest BCUT2D eigenvalue weighted by Crippen LogP contribution is 2.39. The molecule has 1 fully saturated rings. The van der Waals surface area contributed by atoms with Crippen LogP contribution in [0.2, 0.25) is 0 Å². The Kier molecular flexibility index (Phi) is 4.50. The molecular formula is C23H21NO2. The number of amides is 1. The summed E-state index contributed by atoms with van der Waals surface area (Å²) in [4.78, 5) is 14.5. The zero-order chi connectivity index (χ0) is 17.9. The van der Waals surface area contributed by atoms with Crippen LogP contribution >= 0.6 is 0 Å². The molecule has 130 valence electrons. The first-order valence-electron chi connectivity index (χ1n) is 9.01. The van der Waals surface area contributed by atoms with Gasteiger partial charge in [-0.1, -0.05) is 54.5 Å². The molecule has 2 bridgehead atoms. The quantitative estimate of drug-likeness (QED) is 0.761. The van der Waals surface area contributed by atoms with E-state index in [1.165, 1.54) is 5.57 Å². The molecule has 2 atom stereocenters. The van der Waals surface area contributed by atoms with Crippen molar-refractivity contribution in [2.45, 2.75) is 38.0 Å². The summed E-state index contributed by atoms with van der Waals surface area (Å²) in [6, 6.07) is 18.2. The topological polar surface area (TPSA) is 29.5 Å².